The molecule has 0 amide bonds. The van der Waals surface area contributed by atoms with Crippen LogP contribution in [0.15, 0.2) is 0 Å². The van der Waals surface area contributed by atoms with Gasteiger partial charge in [0.25, 0.3) is 0 Å². The van der Waals surface area contributed by atoms with Crippen LogP contribution < -0.4 is 0 Å². The minimum Gasteiger partial charge on any atom is -0.0654 e. The van der Waals surface area contributed by atoms with Crippen LogP contribution in [0.3, 0.4) is 0 Å². The summed E-state index contributed by atoms with van der Waals surface area (Å²) in [6, 6.07) is 0. The van der Waals surface area contributed by atoms with Gasteiger partial charge in [-0.05, 0) is 138 Å². The molecule has 0 saturated heterocycles. The summed E-state index contributed by atoms with van der Waals surface area (Å²) in [7, 11) is 0. The van der Waals surface area contributed by atoms with Crippen molar-refractivity contribution in [3.63, 3.8) is 0 Å². The summed E-state index contributed by atoms with van der Waals surface area (Å²) in [5, 5.41) is 0. The molecule has 6 saturated carbocycles. The van der Waals surface area contributed by atoms with Gasteiger partial charge < -0.3 is 0 Å². The molecule has 6 rings (SSSR count). The lowest BCUT2D eigenvalue weighted by Gasteiger charge is -2.68. The van der Waals surface area contributed by atoms with Gasteiger partial charge in [0.05, 0.1) is 0 Å². The second-order valence-corrected chi connectivity index (χ2v) is 19.0. The Morgan fingerprint density at radius 3 is 1.98 bits per heavy atom. The van der Waals surface area contributed by atoms with Crippen LogP contribution in [-0.4, -0.2) is 0 Å². The molecule has 0 aliphatic heterocycles. The lowest BCUT2D eigenvalue weighted by molar-refractivity contribution is -0.207. The first-order chi connectivity index (χ1) is 19.0. The Morgan fingerprint density at radius 1 is 0.756 bits per heavy atom. The summed E-state index contributed by atoms with van der Waals surface area (Å²) in [5.74, 6) is 10.5. The van der Waals surface area contributed by atoms with Gasteiger partial charge in [-0.2, -0.15) is 0 Å². The van der Waals surface area contributed by atoms with E-state index in [0.717, 1.165) is 65.1 Å². The topological polar surface area (TPSA) is 0 Å². The van der Waals surface area contributed by atoms with E-state index in [1.54, 1.807) is 12.8 Å². The fraction of sp³-hybridized carbons (Fsp3) is 1.00. The Balaban J connectivity index is 1.86. The maximum atomic E-state index is 2.88. The number of hydrogen-bond donors (Lipinski definition) is 0. The SMILES string of the molecule is CCCC1(C)C(C)C2C3CC4CCC(C)CC(CCC(C)C)C(C)(C)C(C)(C(C)C)C(C)CC2C4C1(C)C(CC)C3. The fourth-order valence-corrected chi connectivity index (χ4v) is 13.9. The average molecular weight is 569 g/mol. The molecular weight excluding hydrogens is 492 g/mol. The van der Waals surface area contributed by atoms with Gasteiger partial charge in [-0.25, -0.2) is 0 Å². The van der Waals surface area contributed by atoms with Crippen molar-refractivity contribution in [2.45, 2.75) is 168 Å². The highest BCUT2D eigenvalue weighted by molar-refractivity contribution is 5.18. The van der Waals surface area contributed by atoms with E-state index in [-0.39, 0.29) is 0 Å². The van der Waals surface area contributed by atoms with Gasteiger partial charge in [-0.1, -0.05) is 123 Å². The van der Waals surface area contributed by atoms with Crippen LogP contribution in [0, 0.1) is 92.7 Å². The smallest absolute Gasteiger partial charge is 0.0207 e. The van der Waals surface area contributed by atoms with Crippen molar-refractivity contribution in [2.75, 3.05) is 0 Å². The molecule has 0 spiro atoms. The number of hydrogen-bond acceptors (Lipinski definition) is 0. The zero-order valence-electron chi connectivity index (χ0n) is 30.7. The van der Waals surface area contributed by atoms with E-state index < -0.39 is 0 Å². The summed E-state index contributed by atoms with van der Waals surface area (Å²) < 4.78 is 0. The van der Waals surface area contributed by atoms with Gasteiger partial charge in [0.2, 0.25) is 0 Å². The molecule has 13 unspecified atom stereocenters. The van der Waals surface area contributed by atoms with Crippen molar-refractivity contribution in [2.24, 2.45) is 92.7 Å². The molecule has 0 radical (unpaired) electrons. The summed E-state index contributed by atoms with van der Waals surface area (Å²) in [6.07, 6.45) is 16.1. The minimum absolute atomic E-state index is 0.350. The summed E-state index contributed by atoms with van der Waals surface area (Å²) in [6.45, 7) is 37.2. The van der Waals surface area contributed by atoms with Crippen LogP contribution in [0.2, 0.25) is 0 Å². The van der Waals surface area contributed by atoms with E-state index in [1.165, 1.54) is 57.8 Å². The molecule has 6 bridgehead atoms. The van der Waals surface area contributed by atoms with Gasteiger partial charge in [-0.3, -0.25) is 0 Å². The number of rotatable bonds is 7. The van der Waals surface area contributed by atoms with Crippen molar-refractivity contribution < 1.29 is 0 Å². The molecule has 0 heterocycles. The maximum Gasteiger partial charge on any atom is -0.0207 e. The highest BCUT2D eigenvalue weighted by Crippen LogP contribution is 2.76. The molecule has 13 atom stereocenters. The largest absolute Gasteiger partial charge is 0.0654 e. The molecule has 6 aliphatic carbocycles. The molecule has 0 N–H and O–H groups in total. The van der Waals surface area contributed by atoms with Crippen molar-refractivity contribution in [3.8, 4) is 0 Å². The van der Waals surface area contributed by atoms with Gasteiger partial charge >= 0.3 is 0 Å². The Kier molecular flexibility index (Phi) is 9.97. The lowest BCUT2D eigenvalue weighted by Crippen LogP contribution is -2.63. The Bertz CT molecular complexity index is 865. The average Bonchev–Trinajstić information content (AvgIpc) is 3.11. The van der Waals surface area contributed by atoms with Crippen molar-refractivity contribution in [1.29, 1.82) is 0 Å². The standard InChI is InChI=1S/C41H76/c1-15-21-39(12)30(9)36-32-24-31-19-18-28(7)22-34(20-17-26(3)4)38(10,11)40(13,27(5)6)29(8)23-35(36)37(31)41(39,14)33(16-2)25-32/h26-37H,15-25H2,1-14H3. The first-order valence-electron chi connectivity index (χ1n) is 19.0. The highest BCUT2D eigenvalue weighted by Gasteiger charge is 2.70. The second-order valence-electron chi connectivity index (χ2n) is 19.0. The van der Waals surface area contributed by atoms with Crippen LogP contribution in [0.5, 0.6) is 0 Å². The lowest BCUT2D eigenvalue weighted by atomic mass is 9.36. The van der Waals surface area contributed by atoms with Gasteiger partial charge in [0.1, 0.15) is 0 Å². The molecule has 6 aliphatic rings. The molecular formula is C41H76. The summed E-state index contributed by atoms with van der Waals surface area (Å²) in [5.41, 5.74) is 1.69. The van der Waals surface area contributed by atoms with E-state index in [4.69, 9.17) is 0 Å². The molecule has 0 nitrogen and oxygen atoms in total. The fourth-order valence-electron chi connectivity index (χ4n) is 13.9. The molecule has 0 aromatic carbocycles. The van der Waals surface area contributed by atoms with E-state index in [1.807, 2.05) is 0 Å². The Hall–Kier alpha value is 0. The van der Waals surface area contributed by atoms with Gasteiger partial charge in [-0.15, -0.1) is 0 Å². The van der Waals surface area contributed by atoms with Crippen LogP contribution in [0.25, 0.3) is 0 Å². The quantitative estimate of drug-likeness (QED) is 0.286. The van der Waals surface area contributed by atoms with Crippen molar-refractivity contribution in [1.82, 2.24) is 0 Å². The Morgan fingerprint density at radius 2 is 1.41 bits per heavy atom. The first-order valence-corrected chi connectivity index (χ1v) is 19.0. The van der Waals surface area contributed by atoms with E-state index in [2.05, 4.69) is 96.9 Å². The maximum absolute atomic E-state index is 2.88. The predicted molar refractivity (Wildman–Crippen MR) is 182 cm³/mol. The third-order valence-electron chi connectivity index (χ3n) is 16.9. The highest BCUT2D eigenvalue weighted by atomic mass is 14.7. The number of fused-ring (bicyclic) bond motifs is 1. The molecule has 0 heteroatoms. The monoisotopic (exact) mass is 569 g/mol. The zero-order valence-corrected chi connectivity index (χ0v) is 30.7. The van der Waals surface area contributed by atoms with Crippen LogP contribution in [0.1, 0.15) is 168 Å². The minimum atomic E-state index is 0.350. The van der Waals surface area contributed by atoms with E-state index in [9.17, 15) is 0 Å². The predicted octanol–water partition coefficient (Wildman–Crippen LogP) is 13.0. The first kappa shape index (κ1) is 33.9. The molecule has 41 heavy (non-hydrogen) atoms. The molecule has 0 aromatic heterocycles. The Labute approximate surface area is 259 Å². The summed E-state index contributed by atoms with van der Waals surface area (Å²) in [4.78, 5) is 0. The van der Waals surface area contributed by atoms with Crippen molar-refractivity contribution in [3.05, 3.63) is 0 Å². The molecule has 0 aromatic rings. The normalized spacial score (nSPS) is 50.0. The summed E-state index contributed by atoms with van der Waals surface area (Å²) >= 11 is 0. The van der Waals surface area contributed by atoms with Crippen LogP contribution in [-0.2, 0) is 0 Å². The second kappa shape index (κ2) is 12.1. The third-order valence-corrected chi connectivity index (χ3v) is 16.9. The van der Waals surface area contributed by atoms with Crippen molar-refractivity contribution >= 4 is 0 Å². The van der Waals surface area contributed by atoms with E-state index >= 15 is 0 Å². The van der Waals surface area contributed by atoms with Crippen LogP contribution in [0.4, 0.5) is 0 Å². The molecule has 240 valence electrons. The van der Waals surface area contributed by atoms with Gasteiger partial charge in [0.15, 0.2) is 0 Å². The third kappa shape index (κ3) is 5.14. The van der Waals surface area contributed by atoms with E-state index in [0.29, 0.717) is 27.6 Å². The molecule has 6 fully saturated rings. The van der Waals surface area contributed by atoms with Crippen LogP contribution >= 0.6 is 0 Å². The van der Waals surface area contributed by atoms with Gasteiger partial charge in [0, 0.05) is 0 Å². The zero-order chi connectivity index (χ0) is 30.7.